The number of nitriles is 1. The van der Waals surface area contributed by atoms with Crippen LogP contribution >= 0.6 is 0 Å². The number of fused-ring (bicyclic) bond motifs is 1. The molecule has 0 spiro atoms. The summed E-state index contributed by atoms with van der Waals surface area (Å²) < 4.78 is 0. The van der Waals surface area contributed by atoms with Crippen LogP contribution in [-0.4, -0.2) is 23.6 Å². The zero-order valence-electron chi connectivity index (χ0n) is 12.5. The van der Waals surface area contributed by atoms with Crippen LogP contribution in [0.4, 0.5) is 5.69 Å². The second kappa shape index (κ2) is 6.51. The van der Waals surface area contributed by atoms with E-state index in [0.29, 0.717) is 24.1 Å². The number of aliphatic hydroxyl groups excluding tert-OH is 1. The number of amides is 1. The number of carbonyl (C=O) groups excluding carboxylic acids is 1. The van der Waals surface area contributed by atoms with E-state index in [9.17, 15) is 9.90 Å². The first-order chi connectivity index (χ1) is 11.2. The molecule has 5 heteroatoms. The number of nitrogens with zero attached hydrogens (tertiary/aromatic N) is 1. The highest BCUT2D eigenvalue weighted by molar-refractivity contribution is 5.82. The molecular weight excluding hydrogens is 290 g/mol. The van der Waals surface area contributed by atoms with Crippen LogP contribution in [0.25, 0.3) is 0 Å². The number of rotatable bonds is 3. The minimum absolute atomic E-state index is 0.123. The summed E-state index contributed by atoms with van der Waals surface area (Å²) in [7, 11) is 0. The van der Waals surface area contributed by atoms with E-state index in [1.165, 1.54) is 0 Å². The molecule has 23 heavy (non-hydrogen) atoms. The Hall–Kier alpha value is -2.84. The number of aliphatic hydroxyl groups is 1. The van der Waals surface area contributed by atoms with Crippen LogP contribution in [0.3, 0.4) is 0 Å². The number of benzene rings is 2. The van der Waals surface area contributed by atoms with E-state index in [1.54, 1.807) is 30.3 Å². The molecule has 3 rings (SSSR count). The summed E-state index contributed by atoms with van der Waals surface area (Å²) in [6.45, 7) is 0.589. The van der Waals surface area contributed by atoms with Crippen molar-refractivity contribution in [3.63, 3.8) is 0 Å². The summed E-state index contributed by atoms with van der Waals surface area (Å²) >= 11 is 0. The van der Waals surface area contributed by atoms with Crippen molar-refractivity contribution in [1.82, 2.24) is 5.32 Å². The van der Waals surface area contributed by atoms with E-state index >= 15 is 0 Å². The Morgan fingerprint density at radius 1 is 1.30 bits per heavy atom. The minimum atomic E-state index is -1.18. The molecule has 3 N–H and O–H groups in total. The van der Waals surface area contributed by atoms with Gasteiger partial charge in [-0.3, -0.25) is 4.79 Å². The van der Waals surface area contributed by atoms with Gasteiger partial charge in [0.2, 0.25) is 0 Å². The van der Waals surface area contributed by atoms with Crippen LogP contribution in [0.15, 0.2) is 48.5 Å². The first kappa shape index (κ1) is 15.1. The number of hydrogen-bond acceptors (Lipinski definition) is 4. The maximum atomic E-state index is 12.2. The molecule has 5 nitrogen and oxygen atoms in total. The Morgan fingerprint density at radius 3 is 2.83 bits per heavy atom. The number of hydrogen-bond donors (Lipinski definition) is 3. The Morgan fingerprint density at radius 2 is 2.09 bits per heavy atom. The summed E-state index contributed by atoms with van der Waals surface area (Å²) in [5, 5.41) is 25.2. The minimum Gasteiger partial charge on any atom is -0.383 e. The highest BCUT2D eigenvalue weighted by Crippen LogP contribution is 2.23. The average Bonchev–Trinajstić information content (AvgIpc) is 2.61. The predicted octanol–water partition coefficient (Wildman–Crippen LogP) is 1.74. The number of nitrogens with one attached hydrogen (secondary N) is 2. The van der Waals surface area contributed by atoms with E-state index in [2.05, 4.69) is 16.7 Å². The van der Waals surface area contributed by atoms with Gasteiger partial charge in [0.05, 0.1) is 17.7 Å². The molecule has 2 atom stereocenters. The van der Waals surface area contributed by atoms with Gasteiger partial charge in [-0.15, -0.1) is 0 Å². The van der Waals surface area contributed by atoms with Gasteiger partial charge in [-0.2, -0.15) is 5.26 Å². The van der Waals surface area contributed by atoms with Crippen LogP contribution < -0.4 is 10.6 Å². The Bertz CT molecular complexity index is 753. The molecule has 0 fully saturated rings. The molecule has 0 bridgehead atoms. The average molecular weight is 307 g/mol. The number of anilines is 1. The molecule has 0 aliphatic carbocycles. The van der Waals surface area contributed by atoms with E-state index in [4.69, 9.17) is 5.26 Å². The molecule has 0 saturated heterocycles. The van der Waals surface area contributed by atoms with Crippen LogP contribution in [0.5, 0.6) is 0 Å². The van der Waals surface area contributed by atoms with Gasteiger partial charge in [-0.1, -0.05) is 30.3 Å². The first-order valence-electron chi connectivity index (χ1n) is 7.47. The molecular formula is C18H17N3O2. The van der Waals surface area contributed by atoms with Gasteiger partial charge < -0.3 is 15.7 Å². The van der Waals surface area contributed by atoms with Gasteiger partial charge in [0.15, 0.2) is 6.10 Å². The van der Waals surface area contributed by atoms with Crippen molar-refractivity contribution in [2.24, 2.45) is 0 Å². The van der Waals surface area contributed by atoms with E-state index in [0.717, 1.165) is 11.3 Å². The molecule has 0 radical (unpaired) electrons. The maximum absolute atomic E-state index is 12.2. The third kappa shape index (κ3) is 3.33. The molecule has 1 amide bonds. The molecule has 0 aromatic heterocycles. The van der Waals surface area contributed by atoms with Crippen molar-refractivity contribution in [3.05, 3.63) is 65.2 Å². The van der Waals surface area contributed by atoms with Crippen molar-refractivity contribution in [2.45, 2.75) is 18.6 Å². The standard InChI is InChI=1S/C18H17N3O2/c19-10-12-6-7-16-14(8-12)9-15(11-20-16)21-18(23)17(22)13-4-2-1-3-5-13/h1-8,15,17,20,22H,9,11H2,(H,21,23)/t15-,17?/m0/s1. The molecule has 116 valence electrons. The second-order valence-electron chi connectivity index (χ2n) is 5.59. The van der Waals surface area contributed by atoms with Gasteiger partial charge in [-0.25, -0.2) is 0 Å². The van der Waals surface area contributed by atoms with E-state index < -0.39 is 12.0 Å². The summed E-state index contributed by atoms with van der Waals surface area (Å²) in [5.41, 5.74) is 3.15. The highest BCUT2D eigenvalue weighted by atomic mass is 16.3. The van der Waals surface area contributed by atoms with Crippen LogP contribution in [0, 0.1) is 11.3 Å². The number of carbonyl (C=O) groups is 1. The van der Waals surface area contributed by atoms with Gasteiger partial charge >= 0.3 is 0 Å². The Kier molecular flexibility index (Phi) is 4.26. The van der Waals surface area contributed by atoms with Crippen LogP contribution in [-0.2, 0) is 11.2 Å². The van der Waals surface area contributed by atoms with Crippen molar-refractivity contribution >= 4 is 11.6 Å². The first-order valence-corrected chi connectivity index (χ1v) is 7.47. The van der Waals surface area contributed by atoms with Gasteiger partial charge in [-0.05, 0) is 35.7 Å². The van der Waals surface area contributed by atoms with Crippen molar-refractivity contribution in [2.75, 3.05) is 11.9 Å². The lowest BCUT2D eigenvalue weighted by Crippen LogP contribution is -2.45. The maximum Gasteiger partial charge on any atom is 0.253 e. The summed E-state index contributed by atoms with van der Waals surface area (Å²) in [5.74, 6) is -0.414. The van der Waals surface area contributed by atoms with Crippen molar-refractivity contribution < 1.29 is 9.90 Å². The normalized spacial score (nSPS) is 17.3. The zero-order chi connectivity index (χ0) is 16.2. The SMILES string of the molecule is N#Cc1ccc2c(c1)C[C@H](NC(=O)C(O)c1ccccc1)CN2. The quantitative estimate of drug-likeness (QED) is 0.806. The Balaban J connectivity index is 1.67. The molecule has 2 aromatic rings. The van der Waals surface area contributed by atoms with Crippen molar-refractivity contribution in [1.29, 1.82) is 5.26 Å². The smallest absolute Gasteiger partial charge is 0.253 e. The second-order valence-corrected chi connectivity index (χ2v) is 5.59. The molecule has 0 saturated carbocycles. The topological polar surface area (TPSA) is 85.2 Å². The largest absolute Gasteiger partial charge is 0.383 e. The summed E-state index contributed by atoms with van der Waals surface area (Å²) in [6.07, 6.45) is -0.548. The highest BCUT2D eigenvalue weighted by Gasteiger charge is 2.24. The molecule has 1 aliphatic rings. The summed E-state index contributed by atoms with van der Waals surface area (Å²) in [4.78, 5) is 12.2. The third-order valence-electron chi connectivity index (χ3n) is 3.95. The van der Waals surface area contributed by atoms with E-state index in [-0.39, 0.29) is 6.04 Å². The van der Waals surface area contributed by atoms with Crippen LogP contribution in [0.1, 0.15) is 22.8 Å². The fourth-order valence-corrected chi connectivity index (χ4v) is 2.74. The van der Waals surface area contributed by atoms with Gasteiger partial charge in [0.25, 0.3) is 5.91 Å². The monoisotopic (exact) mass is 307 g/mol. The molecule has 1 unspecified atom stereocenters. The van der Waals surface area contributed by atoms with Gasteiger partial charge in [0.1, 0.15) is 0 Å². The van der Waals surface area contributed by atoms with Crippen molar-refractivity contribution in [3.8, 4) is 6.07 Å². The predicted molar refractivity (Wildman–Crippen MR) is 86.7 cm³/mol. The fourth-order valence-electron chi connectivity index (χ4n) is 2.74. The van der Waals surface area contributed by atoms with Gasteiger partial charge in [0, 0.05) is 12.2 Å². The van der Waals surface area contributed by atoms with E-state index in [1.807, 2.05) is 18.2 Å². The fraction of sp³-hybridized carbons (Fsp3) is 0.222. The molecule has 2 aromatic carbocycles. The zero-order valence-corrected chi connectivity index (χ0v) is 12.5. The lowest BCUT2D eigenvalue weighted by Gasteiger charge is -2.28. The molecule has 1 aliphatic heterocycles. The van der Waals surface area contributed by atoms with Crippen LogP contribution in [0.2, 0.25) is 0 Å². The Labute approximate surface area is 134 Å². The third-order valence-corrected chi connectivity index (χ3v) is 3.95. The lowest BCUT2D eigenvalue weighted by atomic mass is 9.97. The lowest BCUT2D eigenvalue weighted by molar-refractivity contribution is -0.130. The summed E-state index contributed by atoms with van der Waals surface area (Å²) in [6, 6.07) is 16.3. The molecule has 1 heterocycles.